The van der Waals surface area contributed by atoms with Gasteiger partial charge in [-0.25, -0.2) is 4.39 Å². The number of carbonyl (C=O) groups excluding carboxylic acids is 1. The Morgan fingerprint density at radius 3 is 2.93 bits per heavy atom. The summed E-state index contributed by atoms with van der Waals surface area (Å²) >= 11 is 0. The zero-order valence-corrected chi connectivity index (χ0v) is 15.4. The van der Waals surface area contributed by atoms with Crippen molar-refractivity contribution in [2.24, 2.45) is 0 Å². The molecule has 5 nitrogen and oxygen atoms in total. The van der Waals surface area contributed by atoms with Gasteiger partial charge < -0.3 is 19.9 Å². The molecule has 4 rings (SSSR count). The van der Waals surface area contributed by atoms with Crippen molar-refractivity contribution in [1.29, 1.82) is 0 Å². The molecule has 1 aromatic heterocycles. The van der Waals surface area contributed by atoms with E-state index < -0.39 is 0 Å². The zero-order valence-electron chi connectivity index (χ0n) is 15.4. The molecule has 27 heavy (non-hydrogen) atoms. The molecule has 3 aromatic rings. The summed E-state index contributed by atoms with van der Waals surface area (Å²) in [4.78, 5) is 18.0. The van der Waals surface area contributed by atoms with Crippen molar-refractivity contribution in [3.8, 4) is 0 Å². The maximum absolute atomic E-state index is 14.0. The topological polar surface area (TPSA) is 57.4 Å². The number of nitrogens with one attached hydrogen (secondary N) is 2. The first-order valence-corrected chi connectivity index (χ1v) is 9.06. The van der Waals surface area contributed by atoms with Crippen LogP contribution in [0, 0.1) is 12.7 Å². The van der Waals surface area contributed by atoms with Crippen LogP contribution in [0.3, 0.4) is 0 Å². The number of aryl methyl sites for hydroxylation is 1. The summed E-state index contributed by atoms with van der Waals surface area (Å²) in [5, 5.41) is 3.33. The van der Waals surface area contributed by atoms with E-state index in [2.05, 4.69) is 22.1 Å². The molecule has 1 aliphatic heterocycles. The van der Waals surface area contributed by atoms with E-state index in [-0.39, 0.29) is 17.8 Å². The Labute approximate surface area is 157 Å². The number of hydrogen-bond donors (Lipinski definition) is 2. The lowest BCUT2D eigenvalue weighted by molar-refractivity contribution is 0.0989. The molecular weight excluding hydrogens is 345 g/mol. The van der Waals surface area contributed by atoms with Crippen molar-refractivity contribution in [2.45, 2.75) is 19.9 Å². The molecule has 2 heterocycles. The largest absolute Gasteiger partial charge is 0.377 e. The normalized spacial score (nSPS) is 17.3. The quantitative estimate of drug-likeness (QED) is 0.733. The van der Waals surface area contributed by atoms with Gasteiger partial charge in [-0.1, -0.05) is 12.1 Å². The van der Waals surface area contributed by atoms with Gasteiger partial charge in [0.2, 0.25) is 0 Å². The summed E-state index contributed by atoms with van der Waals surface area (Å²) in [6.07, 6.45) is 0. The summed E-state index contributed by atoms with van der Waals surface area (Å²) in [5.41, 5.74) is 3.63. The Kier molecular flexibility index (Phi) is 4.58. The molecule has 0 radical (unpaired) electrons. The van der Waals surface area contributed by atoms with Gasteiger partial charge in [0.25, 0.3) is 5.91 Å². The van der Waals surface area contributed by atoms with Gasteiger partial charge in [-0.15, -0.1) is 0 Å². The number of fused-ring (bicyclic) bond motifs is 1. The molecule has 140 valence electrons. The number of nitrogens with zero attached hydrogens (tertiary/aromatic N) is 1. The zero-order chi connectivity index (χ0) is 19.0. The fourth-order valence-electron chi connectivity index (χ4n) is 3.52. The van der Waals surface area contributed by atoms with E-state index in [1.165, 1.54) is 6.07 Å². The molecule has 2 N–H and O–H groups in total. The minimum absolute atomic E-state index is 0.282. The lowest BCUT2D eigenvalue weighted by Crippen LogP contribution is -2.43. The van der Waals surface area contributed by atoms with Gasteiger partial charge >= 0.3 is 0 Å². The molecule has 0 saturated carbocycles. The van der Waals surface area contributed by atoms with Crippen molar-refractivity contribution in [3.05, 3.63) is 59.5 Å². The van der Waals surface area contributed by atoms with Crippen LogP contribution in [-0.4, -0.2) is 36.7 Å². The summed E-state index contributed by atoms with van der Waals surface area (Å²) in [6, 6.07) is 12.7. The van der Waals surface area contributed by atoms with Crippen molar-refractivity contribution >= 4 is 28.2 Å². The van der Waals surface area contributed by atoms with Gasteiger partial charge in [0.05, 0.1) is 18.7 Å². The number of ether oxygens (including phenoxy) is 1. The van der Waals surface area contributed by atoms with Gasteiger partial charge in [0, 0.05) is 29.3 Å². The Morgan fingerprint density at radius 1 is 1.30 bits per heavy atom. The van der Waals surface area contributed by atoms with Gasteiger partial charge in [0.15, 0.2) is 0 Å². The number of benzene rings is 2. The summed E-state index contributed by atoms with van der Waals surface area (Å²) in [5.74, 6) is -0.633. The monoisotopic (exact) mass is 367 g/mol. The molecular formula is C21H22FN3O2. The SMILES string of the molecule is Cc1ccc(F)c2cc(C(=O)Nc3cccc(N4CCOCC4C)c3)[nH]c12. The highest BCUT2D eigenvalue weighted by Crippen LogP contribution is 2.25. The van der Waals surface area contributed by atoms with E-state index in [1.54, 1.807) is 12.1 Å². The maximum Gasteiger partial charge on any atom is 0.272 e. The third-order valence-electron chi connectivity index (χ3n) is 5.00. The minimum Gasteiger partial charge on any atom is -0.377 e. The molecule has 2 aromatic carbocycles. The standard InChI is InChI=1S/C21H22FN3O2/c1-13-6-7-18(22)17-11-19(24-20(13)17)21(26)23-15-4-3-5-16(10-15)25-8-9-27-12-14(25)2/h3-7,10-11,14,24H,8-9,12H2,1-2H3,(H,23,26). The maximum atomic E-state index is 14.0. The van der Waals surface area contributed by atoms with E-state index in [0.29, 0.717) is 35.5 Å². The molecule has 0 bridgehead atoms. The first-order chi connectivity index (χ1) is 13.0. The molecule has 1 atom stereocenters. The Hall–Kier alpha value is -2.86. The van der Waals surface area contributed by atoms with E-state index in [0.717, 1.165) is 17.8 Å². The second kappa shape index (κ2) is 7.04. The van der Waals surface area contributed by atoms with Crippen molar-refractivity contribution in [3.63, 3.8) is 0 Å². The number of H-pyrrole nitrogens is 1. The molecule has 1 unspecified atom stereocenters. The lowest BCUT2D eigenvalue weighted by atomic mass is 10.1. The molecule has 1 amide bonds. The van der Waals surface area contributed by atoms with Crippen LogP contribution < -0.4 is 10.2 Å². The second-order valence-corrected chi connectivity index (χ2v) is 6.96. The third-order valence-corrected chi connectivity index (χ3v) is 5.00. The van der Waals surface area contributed by atoms with Crippen LogP contribution in [0.15, 0.2) is 42.5 Å². The first kappa shape index (κ1) is 17.5. The molecule has 1 fully saturated rings. The van der Waals surface area contributed by atoms with Crippen molar-refractivity contribution in [2.75, 3.05) is 30.0 Å². The fourth-order valence-corrected chi connectivity index (χ4v) is 3.52. The van der Waals surface area contributed by atoms with Crippen LogP contribution in [-0.2, 0) is 4.74 Å². The fraction of sp³-hybridized carbons (Fsp3) is 0.286. The number of morpholine rings is 1. The highest BCUT2D eigenvalue weighted by Gasteiger charge is 2.20. The summed E-state index contributed by atoms with van der Waals surface area (Å²) in [6.45, 7) is 6.20. The first-order valence-electron chi connectivity index (χ1n) is 9.06. The van der Waals surface area contributed by atoms with E-state index in [4.69, 9.17) is 4.74 Å². The Balaban J connectivity index is 1.57. The van der Waals surface area contributed by atoms with Gasteiger partial charge in [-0.05, 0) is 49.7 Å². The number of carbonyl (C=O) groups is 1. The average molecular weight is 367 g/mol. The summed E-state index contributed by atoms with van der Waals surface area (Å²) < 4.78 is 19.5. The second-order valence-electron chi connectivity index (χ2n) is 6.96. The Morgan fingerprint density at radius 2 is 2.15 bits per heavy atom. The van der Waals surface area contributed by atoms with Gasteiger partial charge in [0.1, 0.15) is 11.5 Å². The number of hydrogen-bond acceptors (Lipinski definition) is 3. The van der Waals surface area contributed by atoms with E-state index >= 15 is 0 Å². The molecule has 6 heteroatoms. The lowest BCUT2D eigenvalue weighted by Gasteiger charge is -2.35. The van der Waals surface area contributed by atoms with Gasteiger partial charge in [-0.2, -0.15) is 0 Å². The molecule has 1 aliphatic rings. The third kappa shape index (κ3) is 3.40. The molecule has 1 saturated heterocycles. The smallest absolute Gasteiger partial charge is 0.272 e. The van der Waals surface area contributed by atoms with Crippen LogP contribution in [0.25, 0.3) is 10.9 Å². The van der Waals surface area contributed by atoms with E-state index in [9.17, 15) is 9.18 Å². The van der Waals surface area contributed by atoms with Crippen LogP contribution in [0.1, 0.15) is 23.0 Å². The number of anilines is 2. The minimum atomic E-state index is -0.339. The predicted molar refractivity (Wildman–Crippen MR) is 105 cm³/mol. The number of aromatic amines is 1. The Bertz CT molecular complexity index is 959. The van der Waals surface area contributed by atoms with Crippen LogP contribution in [0.4, 0.5) is 15.8 Å². The number of rotatable bonds is 3. The molecule has 0 spiro atoms. The number of amides is 1. The number of aromatic nitrogens is 1. The van der Waals surface area contributed by atoms with Gasteiger partial charge in [-0.3, -0.25) is 4.79 Å². The summed E-state index contributed by atoms with van der Waals surface area (Å²) in [7, 11) is 0. The highest BCUT2D eigenvalue weighted by molar-refractivity contribution is 6.06. The highest BCUT2D eigenvalue weighted by atomic mass is 19.1. The number of halogens is 1. The van der Waals surface area contributed by atoms with Crippen LogP contribution in [0.5, 0.6) is 0 Å². The van der Waals surface area contributed by atoms with Crippen molar-refractivity contribution in [1.82, 2.24) is 4.98 Å². The van der Waals surface area contributed by atoms with Crippen molar-refractivity contribution < 1.29 is 13.9 Å². The average Bonchev–Trinajstić information content (AvgIpc) is 3.12. The molecule has 0 aliphatic carbocycles. The van der Waals surface area contributed by atoms with Crippen LogP contribution in [0.2, 0.25) is 0 Å². The van der Waals surface area contributed by atoms with E-state index in [1.807, 2.05) is 31.2 Å². The van der Waals surface area contributed by atoms with Crippen LogP contribution >= 0.6 is 0 Å². The predicted octanol–water partition coefficient (Wildman–Crippen LogP) is 4.09.